The zero-order valence-electron chi connectivity index (χ0n) is 14.7. The fourth-order valence-corrected chi connectivity index (χ4v) is 3.33. The summed E-state index contributed by atoms with van der Waals surface area (Å²) in [5.74, 6) is 1.55. The van der Waals surface area contributed by atoms with Gasteiger partial charge in [0.05, 0.1) is 6.61 Å². The highest BCUT2D eigenvalue weighted by Crippen LogP contribution is 2.26. The lowest BCUT2D eigenvalue weighted by molar-refractivity contribution is 0.263. The molecule has 1 aromatic heterocycles. The number of benzene rings is 2. The van der Waals surface area contributed by atoms with Crippen LogP contribution in [0, 0.1) is 6.92 Å². The van der Waals surface area contributed by atoms with Gasteiger partial charge in [0.1, 0.15) is 11.3 Å². The van der Waals surface area contributed by atoms with Gasteiger partial charge in [-0.2, -0.15) is 0 Å². The molecule has 0 saturated carbocycles. The van der Waals surface area contributed by atoms with Gasteiger partial charge < -0.3 is 14.1 Å². The Bertz CT molecular complexity index is 833. The predicted molar refractivity (Wildman–Crippen MR) is 100.0 cm³/mol. The lowest BCUT2D eigenvalue weighted by Gasteiger charge is -2.14. The van der Waals surface area contributed by atoms with Crippen molar-refractivity contribution in [3.05, 3.63) is 48.0 Å². The van der Waals surface area contributed by atoms with Crippen LogP contribution in [0.15, 0.2) is 46.9 Å². The molecule has 1 fully saturated rings. The molecule has 130 valence electrons. The van der Waals surface area contributed by atoms with Gasteiger partial charge in [0, 0.05) is 12.1 Å². The molecule has 0 N–H and O–H groups in total. The molecule has 0 unspecified atom stereocenters. The van der Waals surface area contributed by atoms with E-state index >= 15 is 0 Å². The maximum Gasteiger partial charge on any atom is 0.227 e. The van der Waals surface area contributed by atoms with Crippen molar-refractivity contribution < 1.29 is 9.15 Å². The van der Waals surface area contributed by atoms with Crippen LogP contribution in [0.3, 0.4) is 0 Å². The number of ether oxygens (including phenoxy) is 1. The summed E-state index contributed by atoms with van der Waals surface area (Å²) >= 11 is 0. The Labute approximate surface area is 148 Å². The smallest absolute Gasteiger partial charge is 0.227 e. The molecule has 1 saturated heterocycles. The summed E-state index contributed by atoms with van der Waals surface area (Å²) < 4.78 is 11.7. The normalized spacial score (nSPS) is 15.1. The zero-order chi connectivity index (χ0) is 17.1. The first-order valence-corrected chi connectivity index (χ1v) is 9.11. The van der Waals surface area contributed by atoms with Gasteiger partial charge in [0.25, 0.3) is 0 Å². The van der Waals surface area contributed by atoms with Crippen molar-refractivity contribution in [2.45, 2.75) is 26.2 Å². The van der Waals surface area contributed by atoms with Gasteiger partial charge in [-0.1, -0.05) is 6.07 Å². The van der Waals surface area contributed by atoms with Crippen LogP contribution in [-0.2, 0) is 0 Å². The molecule has 0 aliphatic carbocycles. The van der Waals surface area contributed by atoms with E-state index < -0.39 is 0 Å². The third-order valence-corrected chi connectivity index (χ3v) is 4.73. The molecule has 1 aliphatic heterocycles. The number of aromatic nitrogens is 1. The minimum Gasteiger partial charge on any atom is -0.494 e. The van der Waals surface area contributed by atoms with Gasteiger partial charge in [-0.05, 0) is 81.2 Å². The molecule has 4 rings (SSSR count). The number of likely N-dealkylation sites (tertiary alicyclic amines) is 1. The van der Waals surface area contributed by atoms with Crippen molar-refractivity contribution in [3.8, 4) is 17.2 Å². The van der Waals surface area contributed by atoms with Crippen LogP contribution < -0.4 is 4.74 Å². The summed E-state index contributed by atoms with van der Waals surface area (Å²) in [5, 5.41) is 0. The lowest BCUT2D eigenvalue weighted by Crippen LogP contribution is -2.21. The van der Waals surface area contributed by atoms with E-state index in [1.807, 2.05) is 42.5 Å². The van der Waals surface area contributed by atoms with Crippen LogP contribution in [0.4, 0.5) is 0 Å². The van der Waals surface area contributed by atoms with Crippen molar-refractivity contribution in [3.63, 3.8) is 0 Å². The Morgan fingerprint density at radius 1 is 1.08 bits per heavy atom. The van der Waals surface area contributed by atoms with E-state index in [0.717, 1.165) is 42.0 Å². The number of hydrogen-bond acceptors (Lipinski definition) is 4. The molecule has 25 heavy (non-hydrogen) atoms. The second-order valence-electron chi connectivity index (χ2n) is 6.77. The van der Waals surface area contributed by atoms with E-state index in [0.29, 0.717) is 5.89 Å². The molecule has 0 radical (unpaired) electrons. The van der Waals surface area contributed by atoms with Crippen molar-refractivity contribution in [2.24, 2.45) is 0 Å². The Balaban J connectivity index is 1.35. The first kappa shape index (κ1) is 16.2. The van der Waals surface area contributed by atoms with Crippen LogP contribution >= 0.6 is 0 Å². The zero-order valence-corrected chi connectivity index (χ0v) is 14.7. The minimum atomic E-state index is 0.654. The summed E-state index contributed by atoms with van der Waals surface area (Å²) in [6.45, 7) is 6.45. The first-order valence-electron chi connectivity index (χ1n) is 9.11. The summed E-state index contributed by atoms with van der Waals surface area (Å²) in [6, 6.07) is 14.1. The van der Waals surface area contributed by atoms with Crippen molar-refractivity contribution in [1.82, 2.24) is 9.88 Å². The standard InChI is InChI=1S/C21H24N2O2/c1-16-5-10-19-20(15-16)25-21(22-19)17-6-8-18(9-7-17)24-14-4-13-23-11-2-3-12-23/h5-10,15H,2-4,11-14H2,1H3. The van der Waals surface area contributed by atoms with Gasteiger partial charge in [-0.25, -0.2) is 4.98 Å². The molecule has 0 amide bonds. The Morgan fingerprint density at radius 2 is 1.88 bits per heavy atom. The average molecular weight is 336 g/mol. The number of rotatable bonds is 6. The monoisotopic (exact) mass is 336 g/mol. The maximum absolute atomic E-state index is 5.87. The fraction of sp³-hybridized carbons (Fsp3) is 0.381. The summed E-state index contributed by atoms with van der Waals surface area (Å²) in [6.07, 6.45) is 3.77. The number of hydrogen-bond donors (Lipinski definition) is 0. The molecule has 1 aliphatic rings. The van der Waals surface area contributed by atoms with Gasteiger partial charge >= 0.3 is 0 Å². The van der Waals surface area contributed by atoms with Gasteiger partial charge in [0.15, 0.2) is 5.58 Å². The second kappa shape index (κ2) is 7.28. The molecule has 4 nitrogen and oxygen atoms in total. The highest BCUT2D eigenvalue weighted by Gasteiger charge is 2.11. The highest BCUT2D eigenvalue weighted by atomic mass is 16.5. The molecule has 4 heteroatoms. The summed E-state index contributed by atoms with van der Waals surface area (Å²) in [5.41, 5.74) is 3.87. The summed E-state index contributed by atoms with van der Waals surface area (Å²) in [7, 11) is 0. The molecule has 3 aromatic rings. The molecule has 2 heterocycles. The van der Waals surface area contributed by atoms with E-state index in [4.69, 9.17) is 9.15 Å². The van der Waals surface area contributed by atoms with Gasteiger partial charge in [-0.3, -0.25) is 0 Å². The van der Waals surface area contributed by atoms with Gasteiger partial charge in [0.2, 0.25) is 5.89 Å². The lowest BCUT2D eigenvalue weighted by atomic mass is 10.2. The molecule has 0 spiro atoms. The van der Waals surface area contributed by atoms with E-state index in [1.54, 1.807) is 0 Å². The second-order valence-corrected chi connectivity index (χ2v) is 6.77. The number of nitrogens with zero attached hydrogens (tertiary/aromatic N) is 2. The van der Waals surface area contributed by atoms with E-state index in [1.165, 1.54) is 31.5 Å². The van der Waals surface area contributed by atoms with E-state index in [-0.39, 0.29) is 0 Å². The maximum atomic E-state index is 5.87. The highest BCUT2D eigenvalue weighted by molar-refractivity contribution is 5.76. The largest absolute Gasteiger partial charge is 0.494 e. The van der Waals surface area contributed by atoms with Crippen molar-refractivity contribution in [1.29, 1.82) is 0 Å². The average Bonchev–Trinajstić information content (AvgIpc) is 3.28. The third kappa shape index (κ3) is 3.85. The molecule has 2 aromatic carbocycles. The molecular weight excluding hydrogens is 312 g/mol. The molecule has 0 bridgehead atoms. The Hall–Kier alpha value is -2.33. The van der Waals surface area contributed by atoms with Crippen LogP contribution in [-0.4, -0.2) is 36.1 Å². The number of aryl methyl sites for hydroxylation is 1. The topological polar surface area (TPSA) is 38.5 Å². The van der Waals surface area contributed by atoms with Crippen molar-refractivity contribution >= 4 is 11.1 Å². The van der Waals surface area contributed by atoms with Crippen LogP contribution in [0.1, 0.15) is 24.8 Å². The van der Waals surface area contributed by atoms with Crippen molar-refractivity contribution in [2.75, 3.05) is 26.2 Å². The van der Waals surface area contributed by atoms with Crippen LogP contribution in [0.2, 0.25) is 0 Å². The Morgan fingerprint density at radius 3 is 2.68 bits per heavy atom. The van der Waals surface area contributed by atoms with Crippen LogP contribution in [0.5, 0.6) is 5.75 Å². The molecular formula is C21H24N2O2. The number of oxazole rings is 1. The third-order valence-electron chi connectivity index (χ3n) is 4.73. The number of fused-ring (bicyclic) bond motifs is 1. The van der Waals surface area contributed by atoms with E-state index in [2.05, 4.69) is 16.8 Å². The summed E-state index contributed by atoms with van der Waals surface area (Å²) in [4.78, 5) is 7.08. The first-order chi connectivity index (χ1) is 12.3. The minimum absolute atomic E-state index is 0.654. The predicted octanol–water partition coefficient (Wildman–Crippen LogP) is 4.67. The Kier molecular flexibility index (Phi) is 4.70. The van der Waals surface area contributed by atoms with Crippen LogP contribution in [0.25, 0.3) is 22.6 Å². The van der Waals surface area contributed by atoms with E-state index in [9.17, 15) is 0 Å². The molecule has 0 atom stereocenters. The quantitative estimate of drug-likeness (QED) is 0.613. The SMILES string of the molecule is Cc1ccc2nc(-c3ccc(OCCCN4CCCC4)cc3)oc2c1. The van der Waals surface area contributed by atoms with Gasteiger partial charge in [-0.15, -0.1) is 0 Å². The fourth-order valence-electron chi connectivity index (χ4n) is 3.33.